The number of anilines is 1. The lowest BCUT2D eigenvalue weighted by atomic mass is 10.2. The van der Waals surface area contributed by atoms with Gasteiger partial charge in [-0.1, -0.05) is 6.07 Å². The average molecular weight is 307 g/mol. The molecule has 0 atom stereocenters. The number of hydrogen-bond acceptors (Lipinski definition) is 5. The average Bonchev–Trinajstić information content (AvgIpc) is 2.34. The Morgan fingerprint density at radius 3 is 2.53 bits per heavy atom. The van der Waals surface area contributed by atoms with Crippen molar-refractivity contribution in [2.24, 2.45) is 0 Å². The maximum absolute atomic E-state index is 11.1. The first-order valence-electron chi connectivity index (χ1n) is 5.46. The molecule has 0 aromatic heterocycles. The second kappa shape index (κ2) is 6.21. The van der Waals surface area contributed by atoms with E-state index in [9.17, 15) is 18.5 Å². The van der Waals surface area contributed by atoms with Crippen LogP contribution in [0.4, 0.5) is 11.4 Å². The van der Waals surface area contributed by atoms with E-state index in [0.29, 0.717) is 11.3 Å². The van der Waals surface area contributed by atoms with Gasteiger partial charge < -0.3 is 4.90 Å². The minimum absolute atomic E-state index is 0.0576. The third-order valence-corrected chi connectivity index (χ3v) is 3.83. The van der Waals surface area contributed by atoms with Gasteiger partial charge in [0.25, 0.3) is 5.69 Å². The van der Waals surface area contributed by atoms with E-state index in [1.807, 2.05) is 0 Å². The van der Waals surface area contributed by atoms with Gasteiger partial charge in [0.05, 0.1) is 10.7 Å². The van der Waals surface area contributed by atoms with Crippen LogP contribution in [0.15, 0.2) is 18.2 Å². The summed E-state index contributed by atoms with van der Waals surface area (Å²) in [6, 6.07) is 4.67. The van der Waals surface area contributed by atoms with E-state index in [-0.39, 0.29) is 23.9 Å². The third-order valence-electron chi connectivity index (χ3n) is 2.60. The van der Waals surface area contributed by atoms with Crippen LogP contribution in [-0.2, 0) is 15.7 Å². The van der Waals surface area contributed by atoms with Gasteiger partial charge in [0.15, 0.2) is 0 Å². The Morgan fingerprint density at radius 1 is 1.42 bits per heavy atom. The molecule has 0 saturated heterocycles. The summed E-state index contributed by atoms with van der Waals surface area (Å²) < 4.78 is 22.2. The van der Waals surface area contributed by atoms with Crippen molar-refractivity contribution in [3.05, 3.63) is 33.9 Å². The highest BCUT2D eigenvalue weighted by Crippen LogP contribution is 2.28. The van der Waals surface area contributed by atoms with Gasteiger partial charge in [-0.05, 0) is 11.6 Å². The van der Waals surface area contributed by atoms with Crippen LogP contribution in [0.3, 0.4) is 0 Å². The molecule has 0 aliphatic carbocycles. The number of rotatable bonds is 6. The highest BCUT2D eigenvalue weighted by molar-refractivity contribution is 7.90. The molecule has 1 rings (SSSR count). The van der Waals surface area contributed by atoms with Crippen LogP contribution in [0.25, 0.3) is 0 Å². The van der Waals surface area contributed by atoms with Crippen molar-refractivity contribution in [2.45, 2.75) is 5.88 Å². The SMILES string of the molecule is CN(CCS(C)(=O)=O)c1ccc(CCl)cc1[N+](=O)[O-]. The molecule has 0 saturated carbocycles. The standard InChI is InChI=1S/C11H15ClN2O4S/c1-13(5-6-19(2,17)18)10-4-3-9(8-12)7-11(10)14(15)16/h3-4,7H,5-6,8H2,1-2H3. The normalized spacial score (nSPS) is 11.3. The van der Waals surface area contributed by atoms with Crippen LogP contribution in [0.5, 0.6) is 0 Å². The number of nitro benzene ring substituents is 1. The van der Waals surface area contributed by atoms with Crippen molar-refractivity contribution >= 4 is 32.8 Å². The first-order chi connectivity index (χ1) is 8.74. The lowest BCUT2D eigenvalue weighted by Gasteiger charge is -2.18. The fourth-order valence-corrected chi connectivity index (χ4v) is 2.32. The number of alkyl halides is 1. The molecule has 0 radical (unpaired) electrons. The highest BCUT2D eigenvalue weighted by atomic mass is 35.5. The molecule has 0 aliphatic heterocycles. The Labute approximate surface area is 117 Å². The first kappa shape index (κ1) is 15.7. The van der Waals surface area contributed by atoms with E-state index in [4.69, 9.17) is 11.6 Å². The Kier molecular flexibility index (Phi) is 5.13. The van der Waals surface area contributed by atoms with Crippen LogP contribution >= 0.6 is 11.6 Å². The molecule has 0 aliphatic rings. The Hall–Kier alpha value is -1.34. The summed E-state index contributed by atoms with van der Waals surface area (Å²) in [5.41, 5.74) is 0.949. The van der Waals surface area contributed by atoms with Gasteiger partial charge in [-0.15, -0.1) is 11.6 Å². The van der Waals surface area contributed by atoms with E-state index in [1.54, 1.807) is 24.1 Å². The molecule has 1 aromatic rings. The molecule has 6 nitrogen and oxygen atoms in total. The molecular formula is C11H15ClN2O4S. The van der Waals surface area contributed by atoms with Crippen LogP contribution in [0, 0.1) is 10.1 Å². The van der Waals surface area contributed by atoms with Gasteiger partial charge in [-0.25, -0.2) is 8.42 Å². The van der Waals surface area contributed by atoms with Crippen molar-refractivity contribution in [1.29, 1.82) is 0 Å². The number of hydrogen-bond donors (Lipinski definition) is 0. The second-order valence-corrected chi connectivity index (χ2v) is 6.79. The molecule has 0 unspecified atom stereocenters. The van der Waals surface area contributed by atoms with Crippen LogP contribution in [-0.4, -0.2) is 38.9 Å². The molecule has 1 aromatic carbocycles. The second-order valence-electron chi connectivity index (χ2n) is 4.27. The van der Waals surface area contributed by atoms with Gasteiger partial charge in [-0.2, -0.15) is 0 Å². The predicted octanol–water partition coefficient (Wildman–Crippen LogP) is 1.81. The number of sulfone groups is 1. The van der Waals surface area contributed by atoms with E-state index in [2.05, 4.69) is 0 Å². The largest absolute Gasteiger partial charge is 0.368 e. The maximum Gasteiger partial charge on any atom is 0.292 e. The Balaban J connectivity index is 3.02. The summed E-state index contributed by atoms with van der Waals surface area (Å²) in [7, 11) is -1.49. The summed E-state index contributed by atoms with van der Waals surface area (Å²) in [6.07, 6.45) is 1.13. The predicted molar refractivity (Wildman–Crippen MR) is 75.6 cm³/mol. The van der Waals surface area contributed by atoms with Crippen molar-refractivity contribution in [2.75, 3.05) is 30.5 Å². The van der Waals surface area contributed by atoms with Gasteiger partial charge in [-0.3, -0.25) is 10.1 Å². The van der Waals surface area contributed by atoms with Crippen molar-refractivity contribution < 1.29 is 13.3 Å². The van der Waals surface area contributed by atoms with Crippen LogP contribution in [0.2, 0.25) is 0 Å². The summed E-state index contributed by atoms with van der Waals surface area (Å²) in [5, 5.41) is 11.0. The van der Waals surface area contributed by atoms with Crippen molar-refractivity contribution in [1.82, 2.24) is 0 Å². The monoisotopic (exact) mass is 306 g/mol. The fourth-order valence-electron chi connectivity index (χ4n) is 1.54. The zero-order chi connectivity index (χ0) is 14.6. The smallest absolute Gasteiger partial charge is 0.292 e. The van der Waals surface area contributed by atoms with Gasteiger partial charge in [0, 0.05) is 31.8 Å². The van der Waals surface area contributed by atoms with E-state index >= 15 is 0 Å². The third kappa shape index (κ3) is 4.68. The quantitative estimate of drug-likeness (QED) is 0.455. The molecule has 0 heterocycles. The van der Waals surface area contributed by atoms with Crippen molar-refractivity contribution in [3.63, 3.8) is 0 Å². The molecule has 0 spiro atoms. The lowest BCUT2D eigenvalue weighted by molar-refractivity contribution is -0.384. The van der Waals surface area contributed by atoms with Crippen LogP contribution < -0.4 is 4.90 Å². The van der Waals surface area contributed by atoms with E-state index in [1.165, 1.54) is 6.07 Å². The van der Waals surface area contributed by atoms with Gasteiger partial charge in [0.2, 0.25) is 0 Å². The Bertz CT molecular complexity index is 574. The molecule has 0 fully saturated rings. The molecule has 106 valence electrons. The minimum Gasteiger partial charge on any atom is -0.368 e. The molecule has 0 bridgehead atoms. The van der Waals surface area contributed by atoms with E-state index in [0.717, 1.165) is 6.26 Å². The Morgan fingerprint density at radius 2 is 2.05 bits per heavy atom. The van der Waals surface area contributed by atoms with Crippen molar-refractivity contribution in [3.8, 4) is 0 Å². The van der Waals surface area contributed by atoms with Gasteiger partial charge in [0.1, 0.15) is 15.5 Å². The summed E-state index contributed by atoms with van der Waals surface area (Å²) in [6.45, 7) is 0.194. The summed E-state index contributed by atoms with van der Waals surface area (Å²) >= 11 is 5.64. The number of nitro groups is 1. The molecular weight excluding hydrogens is 292 g/mol. The first-order valence-corrected chi connectivity index (χ1v) is 8.06. The zero-order valence-corrected chi connectivity index (χ0v) is 12.2. The number of benzene rings is 1. The molecule has 19 heavy (non-hydrogen) atoms. The van der Waals surface area contributed by atoms with E-state index < -0.39 is 14.8 Å². The lowest BCUT2D eigenvalue weighted by Crippen LogP contribution is -2.25. The molecule has 8 heteroatoms. The number of halogens is 1. The van der Waals surface area contributed by atoms with Crippen LogP contribution in [0.1, 0.15) is 5.56 Å². The minimum atomic E-state index is -3.11. The van der Waals surface area contributed by atoms with Gasteiger partial charge >= 0.3 is 0 Å². The fraction of sp³-hybridized carbons (Fsp3) is 0.455. The molecule has 0 N–H and O–H groups in total. The topological polar surface area (TPSA) is 80.5 Å². The zero-order valence-electron chi connectivity index (χ0n) is 10.7. The molecule has 0 amide bonds. The summed E-state index contributed by atoms with van der Waals surface area (Å²) in [4.78, 5) is 12.1. The number of nitrogens with zero attached hydrogens (tertiary/aromatic N) is 2. The maximum atomic E-state index is 11.1. The highest BCUT2D eigenvalue weighted by Gasteiger charge is 2.18. The summed E-state index contributed by atoms with van der Waals surface area (Å²) in [5.74, 6) is 0.131.